The topological polar surface area (TPSA) is 58.2 Å². The van der Waals surface area contributed by atoms with Gasteiger partial charge in [-0.05, 0) is 43.4 Å². The molecule has 0 aliphatic heterocycles. The predicted molar refractivity (Wildman–Crippen MR) is 84.2 cm³/mol. The average molecular weight is 306 g/mol. The Morgan fingerprint density at radius 3 is 2.20 bits per heavy atom. The first-order chi connectivity index (χ1) is 9.47. The van der Waals surface area contributed by atoms with E-state index in [1.807, 2.05) is 25.1 Å². The van der Waals surface area contributed by atoms with Crippen LogP contribution in [-0.4, -0.2) is 13.5 Å². The van der Waals surface area contributed by atoms with Crippen LogP contribution in [0.15, 0.2) is 59.5 Å². The van der Waals surface area contributed by atoms with Crippen LogP contribution in [0.5, 0.6) is 0 Å². The number of anilines is 1. The van der Waals surface area contributed by atoms with Gasteiger partial charge in [-0.1, -0.05) is 35.9 Å². The summed E-state index contributed by atoms with van der Waals surface area (Å²) < 4.78 is 26.5. The molecule has 0 atom stereocenters. The lowest BCUT2D eigenvalue weighted by Crippen LogP contribution is -2.34. The van der Waals surface area contributed by atoms with E-state index in [4.69, 9.17) is 12.2 Å². The molecule has 2 aromatic carbocycles. The van der Waals surface area contributed by atoms with Crippen molar-refractivity contribution in [2.24, 2.45) is 0 Å². The van der Waals surface area contributed by atoms with Gasteiger partial charge in [0.1, 0.15) is 0 Å². The van der Waals surface area contributed by atoms with Gasteiger partial charge in [0.15, 0.2) is 5.11 Å². The summed E-state index contributed by atoms with van der Waals surface area (Å²) in [5.74, 6) is 0. The number of rotatable bonds is 3. The smallest absolute Gasteiger partial charge is 0.263 e. The number of thiocarbonyl (C=S) groups is 1. The number of sulfonamides is 1. The summed E-state index contributed by atoms with van der Waals surface area (Å²) in [4.78, 5) is 0.181. The van der Waals surface area contributed by atoms with Crippen molar-refractivity contribution in [3.05, 3.63) is 60.2 Å². The van der Waals surface area contributed by atoms with Crippen LogP contribution in [-0.2, 0) is 10.0 Å². The molecule has 0 heterocycles. The van der Waals surface area contributed by atoms with Gasteiger partial charge in [-0.25, -0.2) is 8.42 Å². The molecule has 0 unspecified atom stereocenters. The molecule has 2 rings (SSSR count). The summed E-state index contributed by atoms with van der Waals surface area (Å²) in [6, 6.07) is 15.7. The van der Waals surface area contributed by atoms with Crippen molar-refractivity contribution in [1.29, 1.82) is 0 Å². The van der Waals surface area contributed by atoms with Crippen molar-refractivity contribution in [1.82, 2.24) is 4.72 Å². The molecule has 0 radical (unpaired) electrons. The second-order valence-corrected chi connectivity index (χ2v) is 6.33. The molecule has 6 heteroatoms. The lowest BCUT2D eigenvalue weighted by molar-refractivity contribution is 0.593. The third kappa shape index (κ3) is 3.79. The fraction of sp³-hybridized carbons (Fsp3) is 0.0714. The Bertz CT molecular complexity index is 696. The molecular weight excluding hydrogens is 292 g/mol. The van der Waals surface area contributed by atoms with Crippen molar-refractivity contribution in [3.8, 4) is 0 Å². The molecule has 0 fully saturated rings. The standard InChI is InChI=1S/C14H14N2O2S2/c1-11-7-9-13(10-8-11)20(17,18)16-14(19)15-12-5-3-2-4-6-12/h2-10H,1H3,(H2,15,16,19). The lowest BCUT2D eigenvalue weighted by atomic mass is 10.2. The van der Waals surface area contributed by atoms with Gasteiger partial charge < -0.3 is 5.32 Å². The summed E-state index contributed by atoms with van der Waals surface area (Å²) in [5.41, 5.74) is 1.72. The SMILES string of the molecule is Cc1ccc(S(=O)(=O)NC(=S)Nc2ccccc2)cc1. The number of hydrogen-bond donors (Lipinski definition) is 2. The highest BCUT2D eigenvalue weighted by Crippen LogP contribution is 2.10. The molecule has 2 N–H and O–H groups in total. The zero-order valence-electron chi connectivity index (χ0n) is 10.8. The Hall–Kier alpha value is -1.92. The van der Waals surface area contributed by atoms with E-state index in [0.717, 1.165) is 11.3 Å². The molecule has 0 saturated heterocycles. The Morgan fingerprint density at radius 1 is 1.00 bits per heavy atom. The Morgan fingerprint density at radius 2 is 1.60 bits per heavy atom. The fourth-order valence-corrected chi connectivity index (χ4v) is 2.93. The minimum Gasteiger partial charge on any atom is -0.332 e. The number of hydrogen-bond acceptors (Lipinski definition) is 3. The van der Waals surface area contributed by atoms with Crippen LogP contribution in [0.3, 0.4) is 0 Å². The van der Waals surface area contributed by atoms with Crippen LogP contribution >= 0.6 is 12.2 Å². The normalized spacial score (nSPS) is 10.8. The second kappa shape index (κ2) is 6.02. The molecule has 0 amide bonds. The van der Waals surface area contributed by atoms with E-state index in [9.17, 15) is 8.42 Å². The van der Waals surface area contributed by atoms with E-state index >= 15 is 0 Å². The van der Waals surface area contributed by atoms with E-state index in [1.54, 1.807) is 36.4 Å². The van der Waals surface area contributed by atoms with Crippen molar-refractivity contribution in [2.45, 2.75) is 11.8 Å². The number of para-hydroxylation sites is 1. The van der Waals surface area contributed by atoms with Crippen LogP contribution in [0.2, 0.25) is 0 Å². The predicted octanol–water partition coefficient (Wildman–Crippen LogP) is 2.67. The van der Waals surface area contributed by atoms with Gasteiger partial charge in [0, 0.05) is 5.69 Å². The highest BCUT2D eigenvalue weighted by atomic mass is 32.2. The van der Waals surface area contributed by atoms with Gasteiger partial charge in [-0.3, -0.25) is 4.72 Å². The first-order valence-corrected chi connectivity index (χ1v) is 7.82. The quantitative estimate of drug-likeness (QED) is 0.856. The minimum atomic E-state index is -3.65. The van der Waals surface area contributed by atoms with Gasteiger partial charge >= 0.3 is 0 Å². The lowest BCUT2D eigenvalue weighted by Gasteiger charge is -2.11. The van der Waals surface area contributed by atoms with Crippen molar-refractivity contribution >= 4 is 33.0 Å². The Kier molecular flexibility index (Phi) is 4.36. The van der Waals surface area contributed by atoms with Crippen LogP contribution < -0.4 is 10.0 Å². The van der Waals surface area contributed by atoms with E-state index in [2.05, 4.69) is 10.0 Å². The number of nitrogens with one attached hydrogen (secondary N) is 2. The van der Waals surface area contributed by atoms with Gasteiger partial charge in [0.25, 0.3) is 10.0 Å². The molecule has 0 aliphatic rings. The zero-order valence-corrected chi connectivity index (χ0v) is 12.5. The number of benzene rings is 2. The van der Waals surface area contributed by atoms with Gasteiger partial charge in [0.2, 0.25) is 0 Å². The molecule has 0 aliphatic carbocycles. The van der Waals surface area contributed by atoms with Crippen molar-refractivity contribution < 1.29 is 8.42 Å². The zero-order chi connectivity index (χ0) is 14.6. The molecule has 104 valence electrons. The van der Waals surface area contributed by atoms with E-state index in [-0.39, 0.29) is 10.0 Å². The van der Waals surface area contributed by atoms with Crippen molar-refractivity contribution in [2.75, 3.05) is 5.32 Å². The van der Waals surface area contributed by atoms with Crippen molar-refractivity contribution in [3.63, 3.8) is 0 Å². The molecule has 0 bridgehead atoms. The van der Waals surface area contributed by atoms with Gasteiger partial charge in [0.05, 0.1) is 4.90 Å². The Balaban J connectivity index is 2.08. The van der Waals surface area contributed by atoms with Crippen LogP contribution in [0.1, 0.15) is 5.56 Å². The van der Waals surface area contributed by atoms with Crippen LogP contribution in [0.4, 0.5) is 5.69 Å². The van der Waals surface area contributed by atoms with Gasteiger partial charge in [-0.15, -0.1) is 0 Å². The van der Waals surface area contributed by atoms with E-state index < -0.39 is 10.0 Å². The molecule has 2 aromatic rings. The Labute approximate surface area is 123 Å². The first kappa shape index (κ1) is 14.5. The minimum absolute atomic E-state index is 0.0387. The summed E-state index contributed by atoms with van der Waals surface area (Å²) in [7, 11) is -3.65. The van der Waals surface area contributed by atoms with Gasteiger partial charge in [-0.2, -0.15) is 0 Å². The molecule has 20 heavy (non-hydrogen) atoms. The first-order valence-electron chi connectivity index (χ1n) is 5.93. The molecule has 4 nitrogen and oxygen atoms in total. The highest BCUT2D eigenvalue weighted by molar-refractivity contribution is 7.92. The summed E-state index contributed by atoms with van der Waals surface area (Å²) in [6.07, 6.45) is 0. The number of aryl methyl sites for hydroxylation is 1. The highest BCUT2D eigenvalue weighted by Gasteiger charge is 2.15. The van der Waals surface area contributed by atoms with Crippen LogP contribution in [0, 0.1) is 6.92 Å². The van der Waals surface area contributed by atoms with Crippen LogP contribution in [0.25, 0.3) is 0 Å². The summed E-state index contributed by atoms with van der Waals surface area (Å²) in [5, 5.41) is 2.86. The second-order valence-electron chi connectivity index (χ2n) is 4.24. The maximum atomic E-state index is 12.1. The maximum Gasteiger partial charge on any atom is 0.263 e. The maximum absolute atomic E-state index is 12.1. The monoisotopic (exact) mass is 306 g/mol. The molecule has 0 spiro atoms. The van der Waals surface area contributed by atoms with E-state index in [0.29, 0.717) is 0 Å². The molecule has 0 aromatic heterocycles. The summed E-state index contributed by atoms with van der Waals surface area (Å²) >= 11 is 5.01. The van der Waals surface area contributed by atoms with E-state index in [1.165, 1.54) is 0 Å². The average Bonchev–Trinajstić information content (AvgIpc) is 2.39. The molecule has 0 saturated carbocycles. The molecular formula is C14H14N2O2S2. The summed E-state index contributed by atoms with van der Waals surface area (Å²) in [6.45, 7) is 1.89. The fourth-order valence-electron chi connectivity index (χ4n) is 1.58. The third-order valence-corrected chi connectivity index (χ3v) is 4.29. The largest absolute Gasteiger partial charge is 0.332 e. The third-order valence-electron chi connectivity index (χ3n) is 2.59.